The molecule has 0 N–H and O–H groups in total. The molecule has 0 amide bonds. The number of benzene rings is 6. The van der Waals surface area contributed by atoms with Crippen LogP contribution in [0.25, 0.3) is 53.8 Å². The molecule has 10 aromatic rings. The van der Waals surface area contributed by atoms with Crippen LogP contribution in [-0.2, 0) is 64.7 Å². The fourth-order valence-corrected chi connectivity index (χ4v) is 8.21. The molecule has 0 unspecified atom stereocenters. The second kappa shape index (κ2) is 22.4. The Morgan fingerprint density at radius 1 is 0.493 bits per heavy atom. The van der Waals surface area contributed by atoms with Crippen molar-refractivity contribution >= 4 is 31.5 Å². The normalized spacial score (nSPS) is 15.8. The second-order valence-corrected chi connectivity index (χ2v) is 17.5. The number of aryl methyl sites for hydroxylation is 6. The molecule has 0 aliphatic heterocycles. The Kier molecular flexibility index (Phi) is 10.8. The minimum Gasteiger partial charge on any atom is -0.305 e. The third-order valence-corrected chi connectivity index (χ3v) is 11.3. The number of hydrogen-bond acceptors (Lipinski definition) is 4. The molecule has 0 aliphatic rings. The van der Waals surface area contributed by atoms with Gasteiger partial charge < -0.3 is 9.97 Å². The number of nitrogens with zero attached hydrogens (tertiary/aromatic N) is 3. The SMILES string of the molecule is [2H]C([2H])(c1ccc(C([2H])([2H])C([2H])([2H])c2cc(C([2H])([2H])C([2H])([2H])c3c[c-]ccc3)cc(C([2H])([2H])C([2H])([2H])c3ccc(-c4[c-]cccc4)nc3)c2)cn1)C(C)(C)C.[Ir+3].[c-]1ccccc1-c1cc(-c2ccc3c(c2)sc2ccccc23)ccn1. The fraction of sp³-hybridized carbons (Fsp3) is 0.177. The minimum absolute atomic E-state index is 0. The van der Waals surface area contributed by atoms with E-state index in [2.05, 4.69) is 87.7 Å². The van der Waals surface area contributed by atoms with Crippen molar-refractivity contribution in [2.45, 2.75) is 65.4 Å². The van der Waals surface area contributed by atoms with Crippen LogP contribution in [0.2, 0.25) is 0 Å². The molecule has 0 saturated carbocycles. The van der Waals surface area contributed by atoms with Crippen molar-refractivity contribution in [2.75, 3.05) is 0 Å². The Bertz CT molecular complexity index is 3800. The van der Waals surface area contributed by atoms with E-state index in [1.807, 2.05) is 41.8 Å². The van der Waals surface area contributed by atoms with Gasteiger partial charge in [0.15, 0.2) is 0 Å². The minimum atomic E-state index is -3.09. The van der Waals surface area contributed by atoms with Gasteiger partial charge in [-0.25, -0.2) is 0 Å². The van der Waals surface area contributed by atoms with E-state index in [0.29, 0.717) is 11.3 Å². The van der Waals surface area contributed by atoms with Crippen LogP contribution >= 0.6 is 11.3 Å². The van der Waals surface area contributed by atoms with Crippen LogP contribution in [0.5, 0.6) is 0 Å². The first-order valence-corrected chi connectivity index (χ1v) is 22.3. The predicted molar refractivity (Wildman–Crippen MR) is 277 cm³/mol. The Morgan fingerprint density at radius 3 is 1.72 bits per heavy atom. The first-order valence-electron chi connectivity index (χ1n) is 28.5. The van der Waals surface area contributed by atoms with Crippen molar-refractivity contribution in [2.24, 2.45) is 5.41 Å². The van der Waals surface area contributed by atoms with E-state index in [9.17, 15) is 5.48 Å². The van der Waals surface area contributed by atoms with Gasteiger partial charge >= 0.3 is 20.1 Å². The molecule has 0 atom stereocenters. The zero-order valence-corrected chi connectivity index (χ0v) is 40.2. The standard InChI is InChI=1S/C39H40N2.C23H14NS.Ir/c1-39(2,3)27-37-22-20-31(28-40-37)15-18-34-24-33(17-14-30-10-6-4-7-11-30)25-35(26-34)19-16-32-21-23-38(41-29-32)36-12-8-5-9-13-36;1-2-6-16(7-3-1)21-14-18(12-13-24-21)17-10-11-20-19-8-4-5-9-22(19)25-23(20)15-17;/h4-6,8-12,20-26,28-29H,14-19,27H2,1-3H3;1-6,8-15H;/q-2;-1;+3/i14D2,15D2,16D2,17D2,18D2,19D2,27D2;;. The maximum atomic E-state index is 9.17. The van der Waals surface area contributed by atoms with Crippen LogP contribution in [0.15, 0.2) is 188 Å². The molecule has 10 rings (SSSR count). The van der Waals surface area contributed by atoms with Crippen LogP contribution in [0.3, 0.4) is 0 Å². The van der Waals surface area contributed by atoms with E-state index in [0.717, 1.165) is 35.7 Å². The van der Waals surface area contributed by atoms with Gasteiger partial charge in [0.2, 0.25) is 0 Å². The fourth-order valence-electron chi connectivity index (χ4n) is 7.07. The third-order valence-electron chi connectivity index (χ3n) is 10.2. The summed E-state index contributed by atoms with van der Waals surface area (Å²) in [7, 11) is 0. The maximum Gasteiger partial charge on any atom is 3.00 e. The molecule has 0 fully saturated rings. The molecule has 0 bridgehead atoms. The quantitative estimate of drug-likeness (QED) is 0.108. The smallest absolute Gasteiger partial charge is 0.305 e. The predicted octanol–water partition coefficient (Wildman–Crippen LogP) is 15.3. The van der Waals surface area contributed by atoms with Crippen molar-refractivity contribution in [1.82, 2.24) is 15.0 Å². The Hall–Kier alpha value is -6.36. The average molecular weight is 1080 g/mol. The van der Waals surface area contributed by atoms with E-state index in [1.165, 1.54) is 86.0 Å². The summed E-state index contributed by atoms with van der Waals surface area (Å²) < 4.78 is 128. The Balaban J connectivity index is 0.000000273. The summed E-state index contributed by atoms with van der Waals surface area (Å²) in [5.74, 6) is 0. The van der Waals surface area contributed by atoms with Gasteiger partial charge in [0, 0.05) is 63.6 Å². The molecule has 0 spiro atoms. The van der Waals surface area contributed by atoms with Crippen molar-refractivity contribution in [3.05, 3.63) is 246 Å². The van der Waals surface area contributed by atoms with E-state index < -0.39 is 66.7 Å². The van der Waals surface area contributed by atoms with Crippen LogP contribution in [-0.4, -0.2) is 15.0 Å². The van der Waals surface area contributed by atoms with E-state index in [1.54, 1.807) is 45.0 Å². The molecule has 5 heteroatoms. The van der Waals surface area contributed by atoms with Crippen molar-refractivity contribution in [3.8, 4) is 33.6 Å². The number of aromatic nitrogens is 3. The van der Waals surface area contributed by atoms with Gasteiger partial charge in [-0.15, -0.1) is 83.1 Å². The molecule has 0 aliphatic carbocycles. The average Bonchev–Trinajstić information content (AvgIpc) is 3.97. The number of pyridine rings is 3. The molecule has 3 nitrogen and oxygen atoms in total. The van der Waals surface area contributed by atoms with Gasteiger partial charge in [-0.05, 0) is 118 Å². The first kappa shape index (κ1) is 32.4. The van der Waals surface area contributed by atoms with Crippen LogP contribution in [0.4, 0.5) is 0 Å². The number of rotatable bonds is 13. The number of thiophene rings is 1. The third kappa shape index (κ3) is 13.0. The molecule has 4 heterocycles. The van der Waals surface area contributed by atoms with E-state index >= 15 is 0 Å². The number of fused-ring (bicyclic) bond motifs is 3. The van der Waals surface area contributed by atoms with Gasteiger partial charge in [-0.1, -0.05) is 99.9 Å². The largest absolute Gasteiger partial charge is 3.00 e. The van der Waals surface area contributed by atoms with E-state index in [4.69, 9.17) is 13.7 Å². The van der Waals surface area contributed by atoms with Gasteiger partial charge in [0.1, 0.15) is 0 Å². The summed E-state index contributed by atoms with van der Waals surface area (Å²) in [5.41, 5.74) is 2.24. The van der Waals surface area contributed by atoms with Crippen molar-refractivity contribution in [1.29, 1.82) is 0 Å². The Labute approximate surface area is 434 Å². The van der Waals surface area contributed by atoms with Gasteiger partial charge in [-0.3, -0.25) is 4.98 Å². The summed E-state index contributed by atoms with van der Waals surface area (Å²) in [4.78, 5) is 13.0. The van der Waals surface area contributed by atoms with Gasteiger partial charge in [0.25, 0.3) is 0 Å². The van der Waals surface area contributed by atoms with Crippen LogP contribution in [0, 0.1) is 23.6 Å². The maximum absolute atomic E-state index is 9.17. The zero-order chi connectivity index (χ0) is 57.7. The Morgan fingerprint density at radius 2 is 1.10 bits per heavy atom. The molecule has 67 heavy (non-hydrogen) atoms. The van der Waals surface area contributed by atoms with E-state index in [-0.39, 0.29) is 42.5 Å². The summed E-state index contributed by atoms with van der Waals surface area (Å²) in [6, 6.07) is 57.2. The first-order chi connectivity index (χ1) is 37.6. The van der Waals surface area contributed by atoms with Gasteiger partial charge in [-0.2, -0.15) is 35.9 Å². The van der Waals surface area contributed by atoms with Crippen molar-refractivity contribution in [3.63, 3.8) is 0 Å². The molecular formula is C62H54IrN3S. The van der Waals surface area contributed by atoms with Crippen LogP contribution < -0.4 is 0 Å². The molecule has 0 saturated heterocycles. The molecule has 4 aromatic heterocycles. The summed E-state index contributed by atoms with van der Waals surface area (Å²) in [5, 5.41) is 2.67. The second-order valence-electron chi connectivity index (χ2n) is 16.4. The summed E-state index contributed by atoms with van der Waals surface area (Å²) in [6.45, 7) is 5.04. The number of hydrogen-bond donors (Lipinski definition) is 0. The topological polar surface area (TPSA) is 38.7 Å². The van der Waals surface area contributed by atoms with Crippen molar-refractivity contribution < 1.29 is 39.3 Å². The van der Waals surface area contributed by atoms with Crippen LogP contribution in [0.1, 0.15) is 79.0 Å². The molecule has 6 aromatic carbocycles. The molecular weight excluding hydrogens is 1010 g/mol. The summed E-state index contributed by atoms with van der Waals surface area (Å²) >= 11 is 1.85. The van der Waals surface area contributed by atoms with Gasteiger partial charge in [0.05, 0.1) is 0 Å². The molecule has 332 valence electrons. The monoisotopic (exact) mass is 1080 g/mol. The zero-order valence-electron chi connectivity index (χ0n) is 51.0. The summed E-state index contributed by atoms with van der Waals surface area (Å²) in [6.07, 6.45) is -15.7. The molecule has 0 radical (unpaired) electrons.